The summed E-state index contributed by atoms with van der Waals surface area (Å²) in [6, 6.07) is 0. The first-order valence-electron chi connectivity index (χ1n) is 2.88. The van der Waals surface area contributed by atoms with Crippen molar-refractivity contribution in [1.29, 1.82) is 0 Å². The van der Waals surface area contributed by atoms with E-state index in [-0.39, 0.29) is 17.5 Å². The minimum absolute atomic E-state index is 0.0509. The quantitative estimate of drug-likeness (QED) is 0.622. The Bertz CT molecular complexity index is 257. The van der Waals surface area contributed by atoms with Gasteiger partial charge >= 0.3 is 0 Å². The van der Waals surface area contributed by atoms with Gasteiger partial charge < -0.3 is 10.1 Å². The van der Waals surface area contributed by atoms with Crippen LogP contribution in [0.3, 0.4) is 0 Å². The molecule has 0 atom stereocenters. The van der Waals surface area contributed by atoms with Gasteiger partial charge in [0.25, 0.3) is 11.8 Å². The maximum Gasteiger partial charge on any atom is 0.288 e. The predicted octanol–water partition coefficient (Wildman–Crippen LogP) is -0.562. The van der Waals surface area contributed by atoms with E-state index in [2.05, 4.69) is 25.0 Å². The lowest BCUT2D eigenvalue weighted by Gasteiger charge is -1.93. The fourth-order valence-electron chi connectivity index (χ4n) is 0.572. The number of carbonyl (C=O) groups is 1. The third-order valence-electron chi connectivity index (χ3n) is 1.09. The molecular weight excluding hydrogens is 150 g/mol. The van der Waals surface area contributed by atoms with E-state index >= 15 is 0 Å². The van der Waals surface area contributed by atoms with Crippen molar-refractivity contribution in [2.75, 3.05) is 14.2 Å². The van der Waals surface area contributed by atoms with Crippen LogP contribution in [0.2, 0.25) is 0 Å². The van der Waals surface area contributed by atoms with E-state index in [1.807, 2.05) is 0 Å². The molecule has 1 amide bonds. The highest BCUT2D eigenvalue weighted by molar-refractivity contribution is 5.93. The first-order valence-corrected chi connectivity index (χ1v) is 2.88. The fraction of sp³-hybridized carbons (Fsp3) is 0.400. The molecule has 0 aliphatic rings. The van der Waals surface area contributed by atoms with Gasteiger partial charge in [0, 0.05) is 7.05 Å². The molecule has 0 radical (unpaired) electrons. The molecule has 0 spiro atoms. The van der Waals surface area contributed by atoms with Crippen LogP contribution in [0.15, 0.2) is 4.63 Å². The van der Waals surface area contributed by atoms with E-state index < -0.39 is 0 Å². The zero-order valence-corrected chi connectivity index (χ0v) is 6.12. The average molecular weight is 157 g/mol. The number of methoxy groups -OCH3 is 1. The van der Waals surface area contributed by atoms with Gasteiger partial charge in [-0.25, -0.2) is 4.63 Å². The molecule has 0 saturated carbocycles. The molecule has 1 heterocycles. The van der Waals surface area contributed by atoms with Gasteiger partial charge in [0.1, 0.15) is 0 Å². The zero-order valence-electron chi connectivity index (χ0n) is 6.12. The normalized spacial score (nSPS) is 9.27. The Hall–Kier alpha value is -1.59. The second-order valence-corrected chi connectivity index (χ2v) is 1.70. The van der Waals surface area contributed by atoms with Crippen LogP contribution >= 0.6 is 0 Å². The average Bonchev–Trinajstić information content (AvgIpc) is 2.50. The third kappa shape index (κ3) is 1.28. The van der Waals surface area contributed by atoms with Gasteiger partial charge in [-0.1, -0.05) is 0 Å². The smallest absolute Gasteiger partial charge is 0.288 e. The summed E-state index contributed by atoms with van der Waals surface area (Å²) in [5.41, 5.74) is 0.0509. The minimum atomic E-state index is -0.386. The SMILES string of the molecule is CNC(=O)c1nonc1OC. The van der Waals surface area contributed by atoms with Crippen LogP contribution in [0.1, 0.15) is 10.5 Å². The Balaban J connectivity index is 2.92. The number of rotatable bonds is 2. The summed E-state index contributed by atoms with van der Waals surface area (Å²) in [6.07, 6.45) is 0. The van der Waals surface area contributed by atoms with Crippen molar-refractivity contribution >= 4 is 5.91 Å². The molecular formula is C5H7N3O3. The van der Waals surface area contributed by atoms with Crippen LogP contribution in [-0.4, -0.2) is 30.4 Å². The molecule has 0 aromatic carbocycles. The van der Waals surface area contributed by atoms with Gasteiger partial charge in [0.2, 0.25) is 5.69 Å². The van der Waals surface area contributed by atoms with E-state index in [0.717, 1.165) is 0 Å². The molecule has 1 N–H and O–H groups in total. The molecule has 6 heteroatoms. The summed E-state index contributed by atoms with van der Waals surface area (Å²) in [5.74, 6) is -0.299. The number of hydrogen-bond donors (Lipinski definition) is 1. The number of carbonyl (C=O) groups excluding carboxylic acids is 1. The molecule has 1 aromatic rings. The Kier molecular flexibility index (Phi) is 2.05. The van der Waals surface area contributed by atoms with Gasteiger partial charge in [-0.05, 0) is 10.3 Å². The van der Waals surface area contributed by atoms with Crippen molar-refractivity contribution in [2.24, 2.45) is 0 Å². The van der Waals surface area contributed by atoms with Crippen molar-refractivity contribution < 1.29 is 14.2 Å². The Morgan fingerprint density at radius 3 is 2.91 bits per heavy atom. The summed E-state index contributed by atoms with van der Waals surface area (Å²) in [4.78, 5) is 10.9. The molecule has 1 aromatic heterocycles. The molecule has 0 saturated heterocycles. The van der Waals surface area contributed by atoms with E-state index in [1.54, 1.807) is 0 Å². The molecule has 0 aliphatic heterocycles. The lowest BCUT2D eigenvalue weighted by atomic mass is 10.4. The summed E-state index contributed by atoms with van der Waals surface area (Å²) in [6.45, 7) is 0. The minimum Gasteiger partial charge on any atom is -0.477 e. The van der Waals surface area contributed by atoms with Crippen LogP contribution in [-0.2, 0) is 0 Å². The third-order valence-corrected chi connectivity index (χ3v) is 1.09. The summed E-state index contributed by atoms with van der Waals surface area (Å²) < 4.78 is 8.95. The number of ether oxygens (including phenoxy) is 1. The van der Waals surface area contributed by atoms with E-state index in [1.165, 1.54) is 14.2 Å². The molecule has 1 rings (SSSR count). The van der Waals surface area contributed by atoms with Gasteiger partial charge in [0.05, 0.1) is 7.11 Å². The lowest BCUT2D eigenvalue weighted by molar-refractivity contribution is 0.0951. The fourth-order valence-corrected chi connectivity index (χ4v) is 0.572. The van der Waals surface area contributed by atoms with Crippen LogP contribution in [0.5, 0.6) is 5.88 Å². The molecule has 0 bridgehead atoms. The summed E-state index contributed by atoms with van der Waals surface area (Å²) in [7, 11) is 2.86. The van der Waals surface area contributed by atoms with Crippen molar-refractivity contribution in [3.8, 4) is 5.88 Å². The number of aromatic nitrogens is 2. The van der Waals surface area contributed by atoms with Gasteiger partial charge in [-0.15, -0.1) is 0 Å². The monoisotopic (exact) mass is 157 g/mol. The molecule has 60 valence electrons. The van der Waals surface area contributed by atoms with Crippen molar-refractivity contribution in [3.05, 3.63) is 5.69 Å². The molecule has 11 heavy (non-hydrogen) atoms. The van der Waals surface area contributed by atoms with Crippen LogP contribution in [0, 0.1) is 0 Å². The topological polar surface area (TPSA) is 77.3 Å². The largest absolute Gasteiger partial charge is 0.477 e. The van der Waals surface area contributed by atoms with Crippen molar-refractivity contribution in [1.82, 2.24) is 15.6 Å². The lowest BCUT2D eigenvalue weighted by Crippen LogP contribution is -2.18. The number of amides is 1. The first-order chi connectivity index (χ1) is 5.29. The molecule has 6 nitrogen and oxygen atoms in total. The maximum atomic E-state index is 10.9. The van der Waals surface area contributed by atoms with Gasteiger partial charge in [-0.3, -0.25) is 4.79 Å². The van der Waals surface area contributed by atoms with Gasteiger partial charge in [-0.2, -0.15) is 0 Å². The second kappa shape index (κ2) is 3.00. The molecule has 0 aliphatic carbocycles. The Morgan fingerprint density at radius 2 is 2.36 bits per heavy atom. The molecule has 0 fully saturated rings. The number of nitrogens with zero attached hydrogens (tertiary/aromatic N) is 2. The number of hydrogen-bond acceptors (Lipinski definition) is 5. The van der Waals surface area contributed by atoms with E-state index in [0.29, 0.717) is 0 Å². The predicted molar refractivity (Wildman–Crippen MR) is 34.2 cm³/mol. The second-order valence-electron chi connectivity index (χ2n) is 1.70. The highest BCUT2D eigenvalue weighted by Crippen LogP contribution is 2.10. The number of nitrogens with one attached hydrogen (secondary N) is 1. The van der Waals surface area contributed by atoms with Crippen LogP contribution in [0.4, 0.5) is 0 Å². The van der Waals surface area contributed by atoms with Crippen molar-refractivity contribution in [3.63, 3.8) is 0 Å². The standard InChI is InChI=1S/C5H7N3O3/c1-6-4(9)3-5(10-2)8-11-7-3/h1-2H3,(H,6,9). The van der Waals surface area contributed by atoms with E-state index in [9.17, 15) is 4.79 Å². The Morgan fingerprint density at radius 1 is 1.64 bits per heavy atom. The first kappa shape index (κ1) is 7.52. The molecule has 0 unspecified atom stereocenters. The van der Waals surface area contributed by atoms with Gasteiger partial charge in [0.15, 0.2) is 0 Å². The summed E-state index contributed by atoms with van der Waals surface area (Å²) in [5, 5.41) is 9.03. The zero-order chi connectivity index (χ0) is 8.27. The maximum absolute atomic E-state index is 10.9. The van der Waals surface area contributed by atoms with Crippen molar-refractivity contribution in [2.45, 2.75) is 0 Å². The Labute approximate surface area is 62.5 Å². The van der Waals surface area contributed by atoms with Crippen LogP contribution < -0.4 is 10.1 Å². The van der Waals surface area contributed by atoms with Crippen LogP contribution in [0.25, 0.3) is 0 Å². The highest BCUT2D eigenvalue weighted by atomic mass is 16.6. The summed E-state index contributed by atoms with van der Waals surface area (Å²) >= 11 is 0. The highest BCUT2D eigenvalue weighted by Gasteiger charge is 2.16. The van der Waals surface area contributed by atoms with E-state index in [4.69, 9.17) is 0 Å².